The molecular weight excluding hydrogens is 299 g/mol. The Kier molecular flexibility index (Phi) is 2.77. The molecule has 0 radical (unpaired) electrons. The van der Waals surface area contributed by atoms with Crippen molar-refractivity contribution in [3.05, 3.63) is 65.2 Å². The minimum atomic E-state index is -0.648. The van der Waals surface area contributed by atoms with Crippen LogP contribution in [0.25, 0.3) is 11.5 Å². The van der Waals surface area contributed by atoms with E-state index in [1.165, 1.54) is 21.4 Å². The van der Waals surface area contributed by atoms with Crippen LogP contribution in [0.5, 0.6) is 5.75 Å². The van der Waals surface area contributed by atoms with E-state index in [0.29, 0.717) is 18.0 Å². The molecule has 116 valence electrons. The quantitative estimate of drug-likeness (QED) is 0.645. The van der Waals surface area contributed by atoms with Crippen LogP contribution in [-0.4, -0.2) is 27.6 Å². The highest BCUT2D eigenvalue weighted by molar-refractivity contribution is 5.67. The molecule has 0 spiro atoms. The highest BCUT2D eigenvalue weighted by atomic mass is 19.1. The maximum Gasteiger partial charge on any atom is 0.262 e. The summed E-state index contributed by atoms with van der Waals surface area (Å²) in [5.41, 5.74) is 1.70. The number of fused-ring (bicyclic) bond motifs is 2. The predicted octanol–water partition coefficient (Wildman–Crippen LogP) is 1.97. The van der Waals surface area contributed by atoms with Crippen molar-refractivity contribution in [1.29, 1.82) is 0 Å². The van der Waals surface area contributed by atoms with Crippen LogP contribution in [0, 0.1) is 5.95 Å². The molecule has 7 heteroatoms. The van der Waals surface area contributed by atoms with Crippen LogP contribution < -0.4 is 15.2 Å². The van der Waals surface area contributed by atoms with E-state index in [2.05, 4.69) is 11.6 Å². The average molecular weight is 312 g/mol. The Morgan fingerprint density at radius 2 is 2.17 bits per heavy atom. The van der Waals surface area contributed by atoms with Gasteiger partial charge in [-0.15, -0.1) is 0 Å². The Morgan fingerprint density at radius 1 is 1.35 bits per heavy atom. The van der Waals surface area contributed by atoms with E-state index in [4.69, 9.17) is 4.74 Å². The molecule has 3 aromatic rings. The second-order valence-electron chi connectivity index (χ2n) is 5.30. The zero-order valence-electron chi connectivity index (χ0n) is 12.4. The van der Waals surface area contributed by atoms with Crippen molar-refractivity contribution in [2.45, 2.75) is 0 Å². The fourth-order valence-electron chi connectivity index (χ4n) is 2.66. The number of hydrogen-bond donors (Lipinski definition) is 0. The van der Waals surface area contributed by atoms with Crippen molar-refractivity contribution in [1.82, 2.24) is 14.0 Å². The maximum atomic E-state index is 13.8. The summed E-state index contributed by atoms with van der Waals surface area (Å²) in [6, 6.07) is 6.26. The highest BCUT2D eigenvalue weighted by Gasteiger charge is 2.20. The van der Waals surface area contributed by atoms with Gasteiger partial charge in [0.05, 0.1) is 17.4 Å². The molecule has 1 aliphatic rings. The van der Waals surface area contributed by atoms with Gasteiger partial charge in [-0.3, -0.25) is 9.20 Å². The van der Waals surface area contributed by atoms with Gasteiger partial charge in [0.25, 0.3) is 5.56 Å². The van der Waals surface area contributed by atoms with Crippen molar-refractivity contribution in [2.75, 3.05) is 18.6 Å². The number of benzene rings is 1. The summed E-state index contributed by atoms with van der Waals surface area (Å²) in [7, 11) is 1.88. The van der Waals surface area contributed by atoms with E-state index in [1.54, 1.807) is 18.2 Å². The third-order valence-corrected chi connectivity index (χ3v) is 3.95. The zero-order chi connectivity index (χ0) is 16.1. The number of ether oxygens (including phenoxy) is 1. The van der Waals surface area contributed by atoms with Crippen LogP contribution in [0.2, 0.25) is 0 Å². The van der Waals surface area contributed by atoms with Gasteiger partial charge in [-0.2, -0.15) is 4.39 Å². The molecular formula is C16H13FN4O2. The molecule has 3 heterocycles. The normalized spacial score (nSPS) is 14.0. The van der Waals surface area contributed by atoms with Gasteiger partial charge in [-0.25, -0.2) is 9.55 Å². The molecule has 0 fully saturated rings. The standard InChI is InChI=1S/C16H13FN4O2/c1-10-9-23-13-4-3-11(7-12(13)19(10)2)21-15(22)8-14(17)20-6-5-18-16(20)21/h3-8H,1,9H2,2H3. The highest BCUT2D eigenvalue weighted by Crippen LogP contribution is 2.35. The lowest BCUT2D eigenvalue weighted by Gasteiger charge is -2.30. The molecule has 0 bridgehead atoms. The topological polar surface area (TPSA) is 51.8 Å². The minimum Gasteiger partial charge on any atom is -0.485 e. The average Bonchev–Trinajstić information content (AvgIpc) is 3.01. The largest absolute Gasteiger partial charge is 0.485 e. The first kappa shape index (κ1) is 13.6. The van der Waals surface area contributed by atoms with Crippen molar-refractivity contribution in [3.63, 3.8) is 0 Å². The molecule has 0 atom stereocenters. The Morgan fingerprint density at radius 3 is 3.00 bits per heavy atom. The molecule has 4 rings (SSSR count). The number of anilines is 1. The first-order valence-corrected chi connectivity index (χ1v) is 6.99. The molecule has 1 aromatic carbocycles. The van der Waals surface area contributed by atoms with Crippen LogP contribution in [0.15, 0.2) is 53.7 Å². The van der Waals surface area contributed by atoms with Crippen LogP contribution in [-0.2, 0) is 0 Å². The second kappa shape index (κ2) is 4.70. The van der Waals surface area contributed by atoms with Gasteiger partial charge >= 0.3 is 0 Å². The molecule has 23 heavy (non-hydrogen) atoms. The van der Waals surface area contributed by atoms with Gasteiger partial charge in [0, 0.05) is 25.1 Å². The third kappa shape index (κ3) is 1.93. The molecule has 2 aromatic heterocycles. The van der Waals surface area contributed by atoms with E-state index in [9.17, 15) is 9.18 Å². The zero-order valence-corrected chi connectivity index (χ0v) is 12.4. The Labute approximate surface area is 130 Å². The third-order valence-electron chi connectivity index (χ3n) is 3.95. The van der Waals surface area contributed by atoms with E-state index < -0.39 is 11.5 Å². The molecule has 0 saturated heterocycles. The van der Waals surface area contributed by atoms with Crippen molar-refractivity contribution in [2.24, 2.45) is 0 Å². The first-order chi connectivity index (χ1) is 11.1. The molecule has 1 aliphatic heterocycles. The van der Waals surface area contributed by atoms with Gasteiger partial charge in [0.1, 0.15) is 12.4 Å². The molecule has 0 aliphatic carbocycles. The predicted molar refractivity (Wildman–Crippen MR) is 83.8 cm³/mol. The number of halogens is 1. The summed E-state index contributed by atoms with van der Waals surface area (Å²) in [4.78, 5) is 18.3. The van der Waals surface area contributed by atoms with Gasteiger partial charge in [-0.1, -0.05) is 6.58 Å². The molecule has 0 N–H and O–H groups in total. The van der Waals surface area contributed by atoms with Gasteiger partial charge in [-0.05, 0) is 18.2 Å². The van der Waals surface area contributed by atoms with Crippen LogP contribution in [0.4, 0.5) is 10.1 Å². The molecule has 0 amide bonds. The van der Waals surface area contributed by atoms with Gasteiger partial charge < -0.3 is 9.64 Å². The Balaban J connectivity index is 1.98. The summed E-state index contributed by atoms with van der Waals surface area (Å²) >= 11 is 0. The fraction of sp³-hybridized carbons (Fsp3) is 0.125. The number of aromatic nitrogens is 3. The fourth-order valence-corrected chi connectivity index (χ4v) is 2.66. The number of hydrogen-bond acceptors (Lipinski definition) is 4. The van der Waals surface area contributed by atoms with E-state index in [0.717, 1.165) is 17.5 Å². The Hall–Kier alpha value is -3.09. The van der Waals surface area contributed by atoms with Gasteiger partial charge in [0.2, 0.25) is 11.7 Å². The maximum absolute atomic E-state index is 13.8. The summed E-state index contributed by atoms with van der Waals surface area (Å²) in [5, 5.41) is 0. The SMILES string of the molecule is C=C1COc2ccc(-n3c(=O)cc(F)n4ccnc34)cc2N1C. The Bertz CT molecular complexity index is 1000. The number of nitrogens with zero attached hydrogens (tertiary/aromatic N) is 4. The number of imidazole rings is 1. The molecule has 6 nitrogen and oxygen atoms in total. The molecule has 0 saturated carbocycles. The van der Waals surface area contributed by atoms with Gasteiger partial charge in [0.15, 0.2) is 0 Å². The lowest BCUT2D eigenvalue weighted by atomic mass is 10.2. The van der Waals surface area contributed by atoms with Crippen LogP contribution in [0.3, 0.4) is 0 Å². The molecule has 0 unspecified atom stereocenters. The number of rotatable bonds is 1. The van der Waals surface area contributed by atoms with Crippen molar-refractivity contribution < 1.29 is 9.13 Å². The van der Waals surface area contributed by atoms with Crippen LogP contribution in [0.1, 0.15) is 0 Å². The van der Waals surface area contributed by atoms with E-state index in [-0.39, 0.29) is 5.78 Å². The van der Waals surface area contributed by atoms with Crippen molar-refractivity contribution in [3.8, 4) is 11.4 Å². The van der Waals surface area contributed by atoms with Crippen molar-refractivity contribution >= 4 is 11.5 Å². The minimum absolute atomic E-state index is 0.216. The summed E-state index contributed by atoms with van der Waals surface area (Å²) in [6.07, 6.45) is 2.92. The summed E-state index contributed by atoms with van der Waals surface area (Å²) < 4.78 is 22.0. The monoisotopic (exact) mass is 312 g/mol. The number of likely N-dealkylation sites (N-methyl/N-ethyl adjacent to an activating group) is 1. The first-order valence-electron chi connectivity index (χ1n) is 6.99. The lowest BCUT2D eigenvalue weighted by Crippen LogP contribution is -2.27. The van der Waals surface area contributed by atoms with E-state index in [1.807, 2.05) is 11.9 Å². The van der Waals surface area contributed by atoms with Crippen LogP contribution >= 0.6 is 0 Å². The lowest BCUT2D eigenvalue weighted by molar-refractivity contribution is 0.338. The summed E-state index contributed by atoms with van der Waals surface area (Å²) in [6.45, 7) is 4.35. The second-order valence-corrected chi connectivity index (χ2v) is 5.30. The smallest absolute Gasteiger partial charge is 0.262 e. The van der Waals surface area contributed by atoms with E-state index >= 15 is 0 Å². The summed E-state index contributed by atoms with van der Waals surface area (Å²) in [5.74, 6) is 0.275.